The summed E-state index contributed by atoms with van der Waals surface area (Å²) in [6.07, 6.45) is 1.46. The number of aryl methyl sites for hydroxylation is 1. The highest BCUT2D eigenvalue weighted by molar-refractivity contribution is 7.92. The molecule has 0 saturated heterocycles. The molecule has 1 heterocycles. The van der Waals surface area contributed by atoms with Crippen LogP contribution in [0.2, 0.25) is 0 Å². The molecule has 1 aromatic heterocycles. The van der Waals surface area contributed by atoms with Crippen molar-refractivity contribution in [1.29, 1.82) is 5.26 Å². The van der Waals surface area contributed by atoms with Gasteiger partial charge in [-0.3, -0.25) is 9.29 Å². The predicted octanol–water partition coefficient (Wildman–Crippen LogP) is 2.50. The summed E-state index contributed by atoms with van der Waals surface area (Å²) in [4.78, 5) is 4.15. The summed E-state index contributed by atoms with van der Waals surface area (Å²) in [7, 11) is -3.72. The Morgan fingerprint density at radius 3 is 2.48 bits per heavy atom. The van der Waals surface area contributed by atoms with E-state index < -0.39 is 10.0 Å². The van der Waals surface area contributed by atoms with Crippen LogP contribution < -0.4 is 4.31 Å². The Hall–Kier alpha value is -2.39. The Bertz CT molecular complexity index is 735. The first kappa shape index (κ1) is 15.0. The van der Waals surface area contributed by atoms with Crippen molar-refractivity contribution in [2.45, 2.75) is 18.2 Å². The molecule has 2 rings (SSSR count). The minimum absolute atomic E-state index is 0.108. The Morgan fingerprint density at radius 2 is 1.90 bits per heavy atom. The first-order valence-electron chi connectivity index (χ1n) is 6.43. The summed E-state index contributed by atoms with van der Waals surface area (Å²) in [5.74, 6) is 0. The maximum atomic E-state index is 12.7. The summed E-state index contributed by atoms with van der Waals surface area (Å²) in [5.41, 5.74) is 1.28. The summed E-state index contributed by atoms with van der Waals surface area (Å²) in [5, 5.41) is 8.75. The molecule has 1 aromatic carbocycles. The van der Waals surface area contributed by atoms with Crippen molar-refractivity contribution < 1.29 is 8.42 Å². The lowest BCUT2D eigenvalue weighted by atomic mass is 10.3. The third kappa shape index (κ3) is 3.38. The van der Waals surface area contributed by atoms with Crippen LogP contribution in [-0.4, -0.2) is 19.9 Å². The van der Waals surface area contributed by atoms with E-state index in [9.17, 15) is 8.42 Å². The van der Waals surface area contributed by atoms with E-state index in [1.807, 2.05) is 12.1 Å². The minimum Gasteiger partial charge on any atom is -0.265 e. The van der Waals surface area contributed by atoms with Crippen LogP contribution in [0.4, 0.5) is 5.69 Å². The van der Waals surface area contributed by atoms with Crippen LogP contribution in [0, 0.1) is 18.3 Å². The van der Waals surface area contributed by atoms with Gasteiger partial charge in [0.05, 0.1) is 18.2 Å². The summed E-state index contributed by atoms with van der Waals surface area (Å²) < 4.78 is 26.7. The van der Waals surface area contributed by atoms with E-state index in [1.165, 1.54) is 16.6 Å². The highest BCUT2D eigenvalue weighted by Gasteiger charge is 2.24. The number of hydrogen-bond donors (Lipinski definition) is 0. The molecule has 5 nitrogen and oxygen atoms in total. The van der Waals surface area contributed by atoms with E-state index >= 15 is 0 Å². The Kier molecular flexibility index (Phi) is 4.55. The summed E-state index contributed by atoms with van der Waals surface area (Å²) in [6.45, 7) is 1.90. The largest absolute Gasteiger partial charge is 0.265 e. The molecule has 0 N–H and O–H groups in total. The van der Waals surface area contributed by atoms with Crippen LogP contribution in [0.25, 0.3) is 0 Å². The topological polar surface area (TPSA) is 74.1 Å². The van der Waals surface area contributed by atoms with Gasteiger partial charge in [-0.05, 0) is 31.2 Å². The standard InChI is InChI=1S/C15H15N3O2S/c1-13-8-9-15(12-17-13)21(19,20)18(11-5-10-16)14-6-3-2-4-7-14/h2-4,6-9,12H,5,11H2,1H3. The maximum absolute atomic E-state index is 12.7. The molecule has 0 atom stereocenters. The SMILES string of the molecule is Cc1ccc(S(=O)(=O)N(CCC#N)c2ccccc2)cn1. The molecule has 2 aromatic rings. The minimum atomic E-state index is -3.72. The first-order valence-corrected chi connectivity index (χ1v) is 7.87. The van der Waals surface area contributed by atoms with Crippen LogP contribution in [0.15, 0.2) is 53.6 Å². The van der Waals surface area contributed by atoms with Gasteiger partial charge in [0.25, 0.3) is 10.0 Å². The Balaban J connectivity index is 2.45. The molecule has 0 unspecified atom stereocenters. The number of sulfonamides is 1. The van der Waals surface area contributed by atoms with Crippen molar-refractivity contribution in [2.24, 2.45) is 0 Å². The van der Waals surface area contributed by atoms with E-state index in [1.54, 1.807) is 37.3 Å². The number of hydrogen-bond acceptors (Lipinski definition) is 4. The predicted molar refractivity (Wildman–Crippen MR) is 80.2 cm³/mol. The number of pyridine rings is 1. The van der Waals surface area contributed by atoms with Crippen molar-refractivity contribution in [3.8, 4) is 6.07 Å². The summed E-state index contributed by atoms with van der Waals surface area (Å²) in [6, 6.07) is 13.9. The number of aromatic nitrogens is 1. The van der Waals surface area contributed by atoms with Gasteiger partial charge in [0.2, 0.25) is 0 Å². The zero-order valence-electron chi connectivity index (χ0n) is 11.6. The highest BCUT2D eigenvalue weighted by Crippen LogP contribution is 2.23. The van der Waals surface area contributed by atoms with Crippen molar-refractivity contribution in [3.63, 3.8) is 0 Å². The normalized spacial score (nSPS) is 10.9. The maximum Gasteiger partial charge on any atom is 0.265 e. The highest BCUT2D eigenvalue weighted by atomic mass is 32.2. The molecule has 0 aliphatic carbocycles. The van der Waals surface area contributed by atoms with Crippen LogP contribution in [0.1, 0.15) is 12.1 Å². The van der Waals surface area contributed by atoms with Crippen LogP contribution in [0.5, 0.6) is 0 Å². The fourth-order valence-corrected chi connectivity index (χ4v) is 3.28. The Morgan fingerprint density at radius 1 is 1.19 bits per heavy atom. The molecule has 0 aliphatic heterocycles. The monoisotopic (exact) mass is 301 g/mol. The molecule has 0 fully saturated rings. The van der Waals surface area contributed by atoms with Gasteiger partial charge in [-0.25, -0.2) is 8.42 Å². The third-order valence-corrected chi connectivity index (χ3v) is 4.75. The van der Waals surface area contributed by atoms with Gasteiger partial charge < -0.3 is 0 Å². The fraction of sp³-hybridized carbons (Fsp3) is 0.200. The number of benzene rings is 1. The van der Waals surface area contributed by atoms with Crippen LogP contribution in [-0.2, 0) is 10.0 Å². The van der Waals surface area contributed by atoms with Gasteiger partial charge >= 0.3 is 0 Å². The smallest absolute Gasteiger partial charge is 0.265 e. The quantitative estimate of drug-likeness (QED) is 0.850. The lowest BCUT2D eigenvalue weighted by Crippen LogP contribution is -2.32. The zero-order chi connectivity index (χ0) is 15.3. The number of rotatable bonds is 5. The molecule has 21 heavy (non-hydrogen) atoms. The molecule has 0 bridgehead atoms. The molecule has 0 saturated carbocycles. The van der Waals surface area contributed by atoms with Gasteiger partial charge in [-0.1, -0.05) is 18.2 Å². The van der Waals surface area contributed by atoms with Crippen LogP contribution >= 0.6 is 0 Å². The molecular weight excluding hydrogens is 286 g/mol. The van der Waals surface area contributed by atoms with E-state index in [2.05, 4.69) is 4.98 Å². The zero-order valence-corrected chi connectivity index (χ0v) is 12.4. The van der Waals surface area contributed by atoms with Crippen LogP contribution in [0.3, 0.4) is 0 Å². The second-order valence-corrected chi connectivity index (χ2v) is 6.32. The Labute approximate surface area is 124 Å². The average Bonchev–Trinajstić information content (AvgIpc) is 2.49. The number of nitriles is 1. The lowest BCUT2D eigenvalue weighted by Gasteiger charge is -2.23. The van der Waals surface area contributed by atoms with Gasteiger partial charge in [-0.15, -0.1) is 0 Å². The van der Waals surface area contributed by atoms with Crippen molar-refractivity contribution in [3.05, 3.63) is 54.4 Å². The van der Waals surface area contributed by atoms with Crippen molar-refractivity contribution in [1.82, 2.24) is 4.98 Å². The van der Waals surface area contributed by atoms with Gasteiger partial charge in [-0.2, -0.15) is 5.26 Å². The molecule has 6 heteroatoms. The van der Waals surface area contributed by atoms with Crippen molar-refractivity contribution in [2.75, 3.05) is 10.8 Å². The van der Waals surface area contributed by atoms with E-state index in [0.717, 1.165) is 5.69 Å². The third-order valence-electron chi connectivity index (χ3n) is 2.94. The lowest BCUT2D eigenvalue weighted by molar-refractivity contribution is 0.590. The molecule has 0 aliphatic rings. The van der Waals surface area contributed by atoms with Gasteiger partial charge in [0.1, 0.15) is 4.90 Å². The first-order chi connectivity index (χ1) is 10.1. The second-order valence-electron chi connectivity index (χ2n) is 4.46. The van der Waals surface area contributed by atoms with E-state index in [0.29, 0.717) is 5.69 Å². The number of para-hydroxylation sites is 1. The number of anilines is 1. The average molecular weight is 301 g/mol. The van der Waals surface area contributed by atoms with Gasteiger partial charge in [0.15, 0.2) is 0 Å². The van der Waals surface area contributed by atoms with E-state index in [4.69, 9.17) is 5.26 Å². The molecule has 108 valence electrons. The number of nitrogens with zero attached hydrogens (tertiary/aromatic N) is 3. The fourth-order valence-electron chi connectivity index (χ4n) is 1.87. The molecule has 0 amide bonds. The van der Waals surface area contributed by atoms with Gasteiger partial charge in [0, 0.05) is 18.4 Å². The second kappa shape index (κ2) is 6.37. The van der Waals surface area contributed by atoms with Crippen molar-refractivity contribution >= 4 is 15.7 Å². The van der Waals surface area contributed by atoms with E-state index in [-0.39, 0.29) is 17.9 Å². The molecule has 0 spiro atoms. The molecular formula is C15H15N3O2S. The molecule has 0 radical (unpaired) electrons. The summed E-state index contributed by atoms with van der Waals surface area (Å²) >= 11 is 0.